The average molecular weight is 261 g/mol. The smallest absolute Gasteiger partial charge is 0.128 e. The van der Waals surface area contributed by atoms with E-state index in [2.05, 4.69) is 34.4 Å². The lowest BCUT2D eigenvalue weighted by Crippen LogP contribution is -2.29. The molecule has 1 saturated carbocycles. The van der Waals surface area contributed by atoms with Crippen LogP contribution >= 0.6 is 0 Å². The minimum absolute atomic E-state index is 0.378. The van der Waals surface area contributed by atoms with Gasteiger partial charge in [0, 0.05) is 39.0 Å². The fraction of sp³-hybridized carbons (Fsp3) is 0.667. The highest BCUT2D eigenvalue weighted by Gasteiger charge is 2.20. The molecule has 1 unspecified atom stereocenters. The van der Waals surface area contributed by atoms with Gasteiger partial charge in [0.1, 0.15) is 5.82 Å². The van der Waals surface area contributed by atoms with Gasteiger partial charge in [0.15, 0.2) is 0 Å². The Labute approximate surface area is 115 Å². The van der Waals surface area contributed by atoms with Crippen LogP contribution in [0.5, 0.6) is 0 Å². The molecule has 4 heteroatoms. The average Bonchev–Trinajstić information content (AvgIpc) is 3.13. The van der Waals surface area contributed by atoms with Gasteiger partial charge in [-0.1, -0.05) is 6.07 Å². The molecule has 104 valence electrons. The third-order valence-corrected chi connectivity index (χ3v) is 3.87. The molecule has 2 heterocycles. The first kappa shape index (κ1) is 12.9. The monoisotopic (exact) mass is 261 g/mol. The van der Waals surface area contributed by atoms with Crippen LogP contribution in [0.25, 0.3) is 0 Å². The molecule has 1 atom stereocenters. The molecule has 3 rings (SSSR count). The number of pyridine rings is 1. The van der Waals surface area contributed by atoms with Crippen molar-refractivity contribution in [3.63, 3.8) is 0 Å². The predicted molar refractivity (Wildman–Crippen MR) is 76.3 cm³/mol. The van der Waals surface area contributed by atoms with Crippen LogP contribution in [-0.4, -0.2) is 37.3 Å². The van der Waals surface area contributed by atoms with Crippen LogP contribution < -0.4 is 10.2 Å². The van der Waals surface area contributed by atoms with Crippen molar-refractivity contribution in [1.29, 1.82) is 0 Å². The van der Waals surface area contributed by atoms with Crippen molar-refractivity contribution in [2.45, 2.75) is 44.4 Å². The molecule has 0 aromatic carbocycles. The summed E-state index contributed by atoms with van der Waals surface area (Å²) in [5, 5.41) is 3.51. The number of anilines is 1. The van der Waals surface area contributed by atoms with E-state index >= 15 is 0 Å². The Morgan fingerprint density at radius 1 is 1.37 bits per heavy atom. The molecule has 4 nitrogen and oxygen atoms in total. The van der Waals surface area contributed by atoms with Crippen molar-refractivity contribution in [2.75, 3.05) is 25.1 Å². The molecule has 2 fully saturated rings. The molecular formula is C15H23N3O. The molecule has 2 aliphatic rings. The van der Waals surface area contributed by atoms with Gasteiger partial charge >= 0.3 is 0 Å². The quantitative estimate of drug-likeness (QED) is 0.849. The summed E-state index contributed by atoms with van der Waals surface area (Å²) in [7, 11) is 2.09. The first-order chi connectivity index (χ1) is 9.31. The molecule has 1 saturated heterocycles. The van der Waals surface area contributed by atoms with Crippen molar-refractivity contribution in [3.8, 4) is 0 Å². The summed E-state index contributed by atoms with van der Waals surface area (Å²) in [5.41, 5.74) is 1.26. The van der Waals surface area contributed by atoms with E-state index in [1.54, 1.807) is 0 Å². The minimum atomic E-state index is 0.378. The van der Waals surface area contributed by atoms with Gasteiger partial charge in [0.05, 0.1) is 6.10 Å². The standard InChI is InChI=1S/C15H23N3O/c1-18(11-14-3-2-8-19-14)15-7-4-12(10-17-15)9-16-13-5-6-13/h4,7,10,13-14,16H,2-3,5-6,8-9,11H2,1H3. The molecule has 19 heavy (non-hydrogen) atoms. The summed E-state index contributed by atoms with van der Waals surface area (Å²) in [4.78, 5) is 6.74. The van der Waals surface area contributed by atoms with Gasteiger partial charge in [-0.05, 0) is 37.3 Å². The molecule has 1 aliphatic heterocycles. The summed E-state index contributed by atoms with van der Waals surface area (Å²) >= 11 is 0. The Hall–Kier alpha value is -1.13. The number of hydrogen-bond acceptors (Lipinski definition) is 4. The summed E-state index contributed by atoms with van der Waals surface area (Å²) in [6.07, 6.45) is 7.39. The molecule has 1 aromatic heterocycles. The Kier molecular flexibility index (Phi) is 3.99. The minimum Gasteiger partial charge on any atom is -0.376 e. The topological polar surface area (TPSA) is 37.4 Å². The summed E-state index contributed by atoms with van der Waals surface area (Å²) in [6.45, 7) is 2.79. The first-order valence-electron chi connectivity index (χ1n) is 7.32. The summed E-state index contributed by atoms with van der Waals surface area (Å²) in [6, 6.07) is 5.03. The van der Waals surface area contributed by atoms with Gasteiger partial charge in [-0.2, -0.15) is 0 Å². The number of aromatic nitrogens is 1. The highest BCUT2D eigenvalue weighted by molar-refractivity contribution is 5.38. The number of nitrogens with one attached hydrogen (secondary N) is 1. The normalized spacial score (nSPS) is 22.7. The predicted octanol–water partition coefficient (Wildman–Crippen LogP) is 1.95. The molecule has 0 spiro atoms. The van der Waals surface area contributed by atoms with Crippen molar-refractivity contribution in [1.82, 2.24) is 10.3 Å². The zero-order valence-electron chi connectivity index (χ0n) is 11.6. The third-order valence-electron chi connectivity index (χ3n) is 3.87. The van der Waals surface area contributed by atoms with E-state index in [-0.39, 0.29) is 0 Å². The van der Waals surface area contributed by atoms with Gasteiger partial charge in [-0.25, -0.2) is 4.98 Å². The molecule has 1 N–H and O–H groups in total. The molecule has 0 bridgehead atoms. The van der Waals surface area contributed by atoms with Crippen LogP contribution in [0.15, 0.2) is 18.3 Å². The van der Waals surface area contributed by atoms with Gasteiger partial charge in [-0.15, -0.1) is 0 Å². The van der Waals surface area contributed by atoms with Crippen LogP contribution in [0.4, 0.5) is 5.82 Å². The van der Waals surface area contributed by atoms with E-state index in [1.807, 2.05) is 6.20 Å². The Bertz CT molecular complexity index is 396. The molecule has 1 aromatic rings. The van der Waals surface area contributed by atoms with E-state index in [4.69, 9.17) is 4.74 Å². The van der Waals surface area contributed by atoms with Crippen LogP contribution in [0.3, 0.4) is 0 Å². The fourth-order valence-corrected chi connectivity index (χ4v) is 2.48. The van der Waals surface area contributed by atoms with E-state index in [0.29, 0.717) is 6.10 Å². The van der Waals surface area contributed by atoms with Gasteiger partial charge in [0.2, 0.25) is 0 Å². The zero-order valence-corrected chi connectivity index (χ0v) is 11.6. The van der Waals surface area contributed by atoms with Crippen molar-refractivity contribution < 1.29 is 4.74 Å². The molecular weight excluding hydrogens is 238 g/mol. The van der Waals surface area contributed by atoms with Gasteiger partial charge in [0.25, 0.3) is 0 Å². The number of ether oxygens (including phenoxy) is 1. The first-order valence-corrected chi connectivity index (χ1v) is 7.32. The second-order valence-corrected chi connectivity index (χ2v) is 5.70. The number of likely N-dealkylation sites (N-methyl/N-ethyl adjacent to an activating group) is 1. The number of hydrogen-bond donors (Lipinski definition) is 1. The highest BCUT2D eigenvalue weighted by atomic mass is 16.5. The Balaban J connectivity index is 1.51. The lowest BCUT2D eigenvalue weighted by atomic mass is 10.2. The van der Waals surface area contributed by atoms with Crippen LogP contribution in [0.2, 0.25) is 0 Å². The second kappa shape index (κ2) is 5.88. The third kappa shape index (κ3) is 3.67. The van der Waals surface area contributed by atoms with Crippen molar-refractivity contribution in [2.24, 2.45) is 0 Å². The van der Waals surface area contributed by atoms with E-state index < -0.39 is 0 Å². The fourth-order valence-electron chi connectivity index (χ4n) is 2.48. The maximum Gasteiger partial charge on any atom is 0.128 e. The molecule has 0 amide bonds. The van der Waals surface area contributed by atoms with E-state index in [0.717, 1.165) is 31.6 Å². The Morgan fingerprint density at radius 2 is 2.26 bits per heavy atom. The Morgan fingerprint density at radius 3 is 2.89 bits per heavy atom. The molecule has 0 radical (unpaired) electrons. The lowest BCUT2D eigenvalue weighted by molar-refractivity contribution is 0.116. The van der Waals surface area contributed by atoms with Gasteiger partial charge in [-0.3, -0.25) is 0 Å². The van der Waals surface area contributed by atoms with Crippen LogP contribution in [-0.2, 0) is 11.3 Å². The van der Waals surface area contributed by atoms with Crippen LogP contribution in [0.1, 0.15) is 31.2 Å². The summed E-state index contributed by atoms with van der Waals surface area (Å²) in [5.74, 6) is 1.03. The molecule has 1 aliphatic carbocycles. The number of nitrogens with zero attached hydrogens (tertiary/aromatic N) is 2. The zero-order chi connectivity index (χ0) is 13.1. The highest BCUT2D eigenvalue weighted by Crippen LogP contribution is 2.20. The maximum absolute atomic E-state index is 5.66. The SMILES string of the molecule is CN(CC1CCCO1)c1ccc(CNC2CC2)cn1. The summed E-state index contributed by atoms with van der Waals surface area (Å²) < 4.78 is 5.66. The van der Waals surface area contributed by atoms with Crippen LogP contribution in [0, 0.1) is 0 Å². The largest absolute Gasteiger partial charge is 0.376 e. The van der Waals surface area contributed by atoms with Crippen molar-refractivity contribution in [3.05, 3.63) is 23.9 Å². The van der Waals surface area contributed by atoms with E-state index in [1.165, 1.54) is 31.2 Å². The number of rotatable bonds is 6. The van der Waals surface area contributed by atoms with Gasteiger partial charge < -0.3 is 15.0 Å². The second-order valence-electron chi connectivity index (χ2n) is 5.70. The van der Waals surface area contributed by atoms with Crippen molar-refractivity contribution >= 4 is 5.82 Å². The maximum atomic E-state index is 5.66. The van der Waals surface area contributed by atoms with E-state index in [9.17, 15) is 0 Å². The lowest BCUT2D eigenvalue weighted by Gasteiger charge is -2.21.